The molecule has 27 heavy (non-hydrogen) atoms. The van der Waals surface area contributed by atoms with E-state index in [4.69, 9.17) is 4.74 Å². The lowest BCUT2D eigenvalue weighted by Crippen LogP contribution is -2.17. The minimum absolute atomic E-state index is 0.336. The molecule has 0 aliphatic rings. The summed E-state index contributed by atoms with van der Waals surface area (Å²) in [5, 5.41) is 10.8. The Morgan fingerprint density at radius 1 is 1.19 bits per heavy atom. The van der Waals surface area contributed by atoms with Gasteiger partial charge in [0.05, 0.1) is 12.3 Å². The molecule has 0 saturated heterocycles. The van der Waals surface area contributed by atoms with Gasteiger partial charge in [0.15, 0.2) is 0 Å². The Morgan fingerprint density at radius 3 is 2.70 bits per heavy atom. The van der Waals surface area contributed by atoms with Crippen molar-refractivity contribution in [1.82, 2.24) is 15.6 Å². The van der Waals surface area contributed by atoms with Crippen LogP contribution < -0.4 is 10.2 Å². The summed E-state index contributed by atoms with van der Waals surface area (Å²) in [4.78, 5) is 12.1. The van der Waals surface area contributed by atoms with E-state index >= 15 is 0 Å². The predicted molar refractivity (Wildman–Crippen MR) is 107 cm³/mol. The van der Waals surface area contributed by atoms with E-state index in [0.29, 0.717) is 18.0 Å². The Morgan fingerprint density at radius 2 is 1.96 bits per heavy atom. The van der Waals surface area contributed by atoms with Crippen LogP contribution in [0.4, 0.5) is 0 Å². The minimum Gasteiger partial charge on any atom is -0.494 e. The van der Waals surface area contributed by atoms with Gasteiger partial charge in [0, 0.05) is 11.8 Å². The van der Waals surface area contributed by atoms with Gasteiger partial charge in [-0.2, -0.15) is 10.2 Å². The molecule has 0 aliphatic heterocycles. The largest absolute Gasteiger partial charge is 0.494 e. The number of hydrogen-bond acceptors (Lipinski definition) is 4. The second kappa shape index (κ2) is 9.15. The Hall–Kier alpha value is -3.67. The van der Waals surface area contributed by atoms with Gasteiger partial charge in [-0.3, -0.25) is 9.89 Å². The van der Waals surface area contributed by atoms with Gasteiger partial charge in [-0.15, -0.1) is 0 Å². The van der Waals surface area contributed by atoms with Gasteiger partial charge in [0.25, 0.3) is 5.91 Å². The fourth-order valence-electron chi connectivity index (χ4n) is 2.39. The van der Waals surface area contributed by atoms with Crippen molar-refractivity contribution in [1.29, 1.82) is 0 Å². The molecule has 0 unspecified atom stereocenters. The molecule has 136 valence electrons. The molecule has 6 nitrogen and oxygen atoms in total. The molecule has 1 amide bonds. The van der Waals surface area contributed by atoms with Gasteiger partial charge < -0.3 is 4.74 Å². The number of H-pyrrole nitrogens is 1. The Balaban J connectivity index is 1.56. The van der Waals surface area contributed by atoms with E-state index in [0.717, 1.165) is 16.9 Å². The van der Waals surface area contributed by atoms with Gasteiger partial charge in [0.1, 0.15) is 11.4 Å². The molecule has 3 aromatic rings. The monoisotopic (exact) mass is 360 g/mol. The maximum absolute atomic E-state index is 12.1. The first kappa shape index (κ1) is 18.1. The summed E-state index contributed by atoms with van der Waals surface area (Å²) in [6.07, 6.45) is 5.18. The zero-order valence-corrected chi connectivity index (χ0v) is 14.9. The van der Waals surface area contributed by atoms with Crippen molar-refractivity contribution in [3.63, 3.8) is 0 Å². The Bertz CT molecular complexity index is 928. The molecule has 6 heteroatoms. The van der Waals surface area contributed by atoms with Crippen molar-refractivity contribution in [2.45, 2.75) is 6.92 Å². The lowest BCUT2D eigenvalue weighted by Gasteiger charge is -2.02. The van der Waals surface area contributed by atoms with E-state index in [-0.39, 0.29) is 5.91 Å². The number of nitrogens with zero attached hydrogens (tertiary/aromatic N) is 2. The molecule has 1 heterocycles. The number of aromatic nitrogens is 2. The highest BCUT2D eigenvalue weighted by Crippen LogP contribution is 2.21. The summed E-state index contributed by atoms with van der Waals surface area (Å²) in [5.41, 5.74) is 5.43. The van der Waals surface area contributed by atoms with Crippen LogP contribution in [0.1, 0.15) is 23.0 Å². The molecule has 3 rings (SSSR count). The van der Waals surface area contributed by atoms with Crippen molar-refractivity contribution in [2.75, 3.05) is 6.61 Å². The van der Waals surface area contributed by atoms with Gasteiger partial charge in [0.2, 0.25) is 0 Å². The fourth-order valence-corrected chi connectivity index (χ4v) is 2.39. The molecular formula is C21H20N4O2. The highest BCUT2D eigenvalue weighted by molar-refractivity contribution is 5.94. The molecule has 0 saturated carbocycles. The van der Waals surface area contributed by atoms with Crippen LogP contribution in [0.2, 0.25) is 0 Å². The van der Waals surface area contributed by atoms with Crippen molar-refractivity contribution in [3.8, 4) is 17.0 Å². The van der Waals surface area contributed by atoms with Crippen LogP contribution in [0, 0.1) is 0 Å². The van der Waals surface area contributed by atoms with Gasteiger partial charge in [-0.25, -0.2) is 5.43 Å². The lowest BCUT2D eigenvalue weighted by atomic mass is 10.1. The summed E-state index contributed by atoms with van der Waals surface area (Å²) < 4.78 is 5.42. The molecule has 2 aromatic carbocycles. The van der Waals surface area contributed by atoms with E-state index < -0.39 is 0 Å². The first-order valence-corrected chi connectivity index (χ1v) is 8.60. The summed E-state index contributed by atoms with van der Waals surface area (Å²) in [6.45, 7) is 2.56. The minimum atomic E-state index is -0.357. The average Bonchev–Trinajstić information content (AvgIpc) is 3.20. The summed E-state index contributed by atoms with van der Waals surface area (Å²) in [5.74, 6) is 0.441. The van der Waals surface area contributed by atoms with Crippen molar-refractivity contribution in [2.24, 2.45) is 5.10 Å². The molecular weight excluding hydrogens is 340 g/mol. The quantitative estimate of drug-likeness (QED) is 0.495. The topological polar surface area (TPSA) is 79.4 Å². The first-order valence-electron chi connectivity index (χ1n) is 8.60. The van der Waals surface area contributed by atoms with E-state index in [1.54, 1.807) is 12.1 Å². The molecule has 0 aliphatic carbocycles. The lowest BCUT2D eigenvalue weighted by molar-refractivity contribution is 0.0950. The number of ether oxygens (including phenoxy) is 1. The maximum Gasteiger partial charge on any atom is 0.289 e. The number of amides is 1. The molecule has 0 bridgehead atoms. The van der Waals surface area contributed by atoms with Crippen LogP contribution in [0.25, 0.3) is 17.3 Å². The summed E-state index contributed by atoms with van der Waals surface area (Å²) in [6, 6.07) is 19.1. The normalized spacial score (nSPS) is 11.1. The molecule has 1 aromatic heterocycles. The van der Waals surface area contributed by atoms with Crippen molar-refractivity contribution >= 4 is 18.2 Å². The third kappa shape index (κ3) is 5.15. The van der Waals surface area contributed by atoms with E-state index in [1.165, 1.54) is 6.21 Å². The maximum atomic E-state index is 12.1. The van der Waals surface area contributed by atoms with Gasteiger partial charge >= 0.3 is 0 Å². The summed E-state index contributed by atoms with van der Waals surface area (Å²) >= 11 is 0. The second-order valence-corrected chi connectivity index (χ2v) is 5.61. The Kier molecular flexibility index (Phi) is 6.14. The molecule has 0 radical (unpaired) electrons. The molecule has 0 spiro atoms. The Labute approximate surface area is 157 Å². The van der Waals surface area contributed by atoms with E-state index in [2.05, 4.69) is 20.7 Å². The molecule has 2 N–H and O–H groups in total. The van der Waals surface area contributed by atoms with Crippen LogP contribution in [0.3, 0.4) is 0 Å². The van der Waals surface area contributed by atoms with Gasteiger partial charge in [-0.05, 0) is 48.9 Å². The van der Waals surface area contributed by atoms with Crippen molar-refractivity contribution in [3.05, 3.63) is 78.0 Å². The highest BCUT2D eigenvalue weighted by Gasteiger charge is 2.10. The third-order valence-electron chi connectivity index (χ3n) is 3.70. The number of allylic oxidation sites excluding steroid dienone is 1. The van der Waals surface area contributed by atoms with Crippen molar-refractivity contribution < 1.29 is 9.53 Å². The van der Waals surface area contributed by atoms with Crippen LogP contribution in [0.15, 0.2) is 71.8 Å². The standard InChI is InChI=1S/C21H20N4O2/c1-2-27-18-12-10-17(11-13-18)19-15-20(24-23-19)21(26)25-22-14-6-9-16-7-4-3-5-8-16/h3-15H,2H2,1H3,(H,23,24)(H,25,26)/b9-6+,22-14+. The van der Waals surface area contributed by atoms with Crippen LogP contribution in [-0.2, 0) is 0 Å². The first-order chi connectivity index (χ1) is 13.3. The number of nitrogens with one attached hydrogen (secondary N) is 2. The van der Waals surface area contributed by atoms with Crippen LogP contribution in [-0.4, -0.2) is 28.9 Å². The molecule has 0 atom stereocenters. The second-order valence-electron chi connectivity index (χ2n) is 5.61. The number of benzene rings is 2. The number of hydrazone groups is 1. The number of rotatable bonds is 7. The number of carbonyl (C=O) groups is 1. The van der Waals surface area contributed by atoms with Gasteiger partial charge in [-0.1, -0.05) is 36.4 Å². The number of hydrogen-bond donors (Lipinski definition) is 2. The van der Waals surface area contributed by atoms with Crippen LogP contribution in [0.5, 0.6) is 5.75 Å². The zero-order valence-electron chi connectivity index (χ0n) is 14.9. The SMILES string of the molecule is CCOc1ccc(-c2cc(C(=O)N/N=C/C=C/c3ccccc3)[nH]n2)cc1. The van der Waals surface area contributed by atoms with E-state index in [1.807, 2.05) is 67.6 Å². The predicted octanol–water partition coefficient (Wildman–Crippen LogP) is 3.90. The zero-order chi connectivity index (χ0) is 18.9. The third-order valence-corrected chi connectivity index (χ3v) is 3.70. The average molecular weight is 360 g/mol. The molecule has 0 fully saturated rings. The number of carbonyl (C=O) groups excluding carboxylic acids is 1. The highest BCUT2D eigenvalue weighted by atomic mass is 16.5. The smallest absolute Gasteiger partial charge is 0.289 e. The van der Waals surface area contributed by atoms with Crippen LogP contribution >= 0.6 is 0 Å². The fraction of sp³-hybridized carbons (Fsp3) is 0.0952. The summed E-state index contributed by atoms with van der Waals surface area (Å²) in [7, 11) is 0. The van der Waals surface area contributed by atoms with E-state index in [9.17, 15) is 4.79 Å². The number of aromatic amines is 1.